The van der Waals surface area contributed by atoms with E-state index in [-0.39, 0.29) is 6.04 Å². The second-order valence-electron chi connectivity index (χ2n) is 5.73. The fourth-order valence-electron chi connectivity index (χ4n) is 2.81. The number of benzene rings is 1. The molecule has 0 saturated carbocycles. The van der Waals surface area contributed by atoms with Gasteiger partial charge >= 0.3 is 0 Å². The monoisotopic (exact) mass is 248 g/mol. The van der Waals surface area contributed by atoms with Gasteiger partial charge in [0.05, 0.1) is 5.60 Å². The molecule has 1 aromatic carbocycles. The summed E-state index contributed by atoms with van der Waals surface area (Å²) in [6, 6.07) is 8.77. The van der Waals surface area contributed by atoms with Gasteiger partial charge in [0.25, 0.3) is 0 Å². The first kappa shape index (κ1) is 13.5. The molecule has 3 heteroatoms. The Morgan fingerprint density at radius 1 is 1.39 bits per heavy atom. The van der Waals surface area contributed by atoms with Crippen LogP contribution >= 0.6 is 0 Å². The summed E-state index contributed by atoms with van der Waals surface area (Å²) in [4.78, 5) is 2.31. The van der Waals surface area contributed by atoms with E-state index in [1.165, 1.54) is 11.1 Å². The molecule has 18 heavy (non-hydrogen) atoms. The molecule has 0 spiro atoms. The molecule has 3 nitrogen and oxygen atoms in total. The minimum Gasteiger partial charge on any atom is -0.389 e. The van der Waals surface area contributed by atoms with Crippen LogP contribution in [0.4, 0.5) is 0 Å². The number of β-amino-alcohol motifs (C(OH)–C–C–N with tert-alkyl or cyclic N) is 1. The highest BCUT2D eigenvalue weighted by Gasteiger charge is 2.32. The molecule has 1 aliphatic heterocycles. The van der Waals surface area contributed by atoms with E-state index in [2.05, 4.69) is 36.1 Å². The number of hydrogen-bond donors (Lipinski definition) is 2. The summed E-state index contributed by atoms with van der Waals surface area (Å²) in [6.07, 6.45) is 1.92. The zero-order chi connectivity index (χ0) is 13.2. The molecule has 1 fully saturated rings. The molecule has 1 aromatic rings. The Labute approximate surface area is 110 Å². The van der Waals surface area contributed by atoms with Crippen LogP contribution in [0.2, 0.25) is 0 Å². The molecule has 1 aliphatic rings. The van der Waals surface area contributed by atoms with Crippen molar-refractivity contribution < 1.29 is 5.11 Å². The molecule has 100 valence electrons. The molecular formula is C15H24N2O. The smallest absolute Gasteiger partial charge is 0.0746 e. The zero-order valence-corrected chi connectivity index (χ0v) is 11.4. The molecule has 2 atom stereocenters. The lowest BCUT2D eigenvalue weighted by molar-refractivity contribution is -0.0292. The van der Waals surface area contributed by atoms with Crippen molar-refractivity contribution in [2.75, 3.05) is 19.6 Å². The number of aliphatic hydroxyl groups is 1. The predicted molar refractivity (Wildman–Crippen MR) is 74.4 cm³/mol. The van der Waals surface area contributed by atoms with Crippen LogP contribution in [-0.2, 0) is 0 Å². The number of rotatable bonds is 3. The number of likely N-dealkylation sites (tertiary alicyclic amines) is 1. The van der Waals surface area contributed by atoms with Crippen molar-refractivity contribution >= 4 is 0 Å². The van der Waals surface area contributed by atoms with Gasteiger partial charge in [-0.3, -0.25) is 4.90 Å². The molecule has 0 aliphatic carbocycles. The van der Waals surface area contributed by atoms with Crippen molar-refractivity contribution in [2.24, 2.45) is 5.73 Å². The lowest BCUT2D eigenvalue weighted by Crippen LogP contribution is -2.48. The Morgan fingerprint density at radius 2 is 2.06 bits per heavy atom. The second kappa shape index (κ2) is 5.39. The van der Waals surface area contributed by atoms with Gasteiger partial charge in [0.2, 0.25) is 0 Å². The van der Waals surface area contributed by atoms with Crippen LogP contribution in [0.25, 0.3) is 0 Å². The Hall–Kier alpha value is -0.900. The normalized spacial score (nSPS) is 27.1. The third-order valence-corrected chi connectivity index (χ3v) is 3.83. The Morgan fingerprint density at radius 3 is 2.61 bits per heavy atom. The molecule has 0 radical (unpaired) electrons. The van der Waals surface area contributed by atoms with Crippen molar-refractivity contribution in [1.82, 2.24) is 4.90 Å². The first-order valence-corrected chi connectivity index (χ1v) is 6.75. The summed E-state index contributed by atoms with van der Waals surface area (Å²) in [7, 11) is 0. The van der Waals surface area contributed by atoms with Crippen LogP contribution in [0.1, 0.15) is 36.9 Å². The summed E-state index contributed by atoms with van der Waals surface area (Å²) in [5, 5.41) is 10.2. The Bertz CT molecular complexity index is 386. The third kappa shape index (κ3) is 3.10. The lowest BCUT2D eigenvalue weighted by Gasteiger charge is -2.41. The van der Waals surface area contributed by atoms with Crippen molar-refractivity contribution in [2.45, 2.75) is 38.3 Å². The minimum absolute atomic E-state index is 0.220. The number of piperidine rings is 1. The third-order valence-electron chi connectivity index (χ3n) is 3.83. The molecule has 2 rings (SSSR count). The van der Waals surface area contributed by atoms with Crippen LogP contribution < -0.4 is 5.73 Å². The van der Waals surface area contributed by atoms with E-state index in [9.17, 15) is 5.11 Å². The molecular weight excluding hydrogens is 224 g/mol. The van der Waals surface area contributed by atoms with E-state index in [0.717, 1.165) is 19.4 Å². The topological polar surface area (TPSA) is 49.5 Å². The summed E-state index contributed by atoms with van der Waals surface area (Å²) >= 11 is 0. The van der Waals surface area contributed by atoms with E-state index in [0.29, 0.717) is 13.1 Å². The van der Waals surface area contributed by atoms with Gasteiger partial charge in [-0.05, 0) is 38.8 Å². The van der Waals surface area contributed by atoms with Crippen LogP contribution in [-0.4, -0.2) is 35.2 Å². The Balaban J connectivity index is 2.15. The van der Waals surface area contributed by atoms with Gasteiger partial charge in [-0.25, -0.2) is 0 Å². The van der Waals surface area contributed by atoms with E-state index in [1.54, 1.807) is 0 Å². The van der Waals surface area contributed by atoms with Crippen molar-refractivity contribution in [3.63, 3.8) is 0 Å². The maximum Gasteiger partial charge on any atom is 0.0746 e. The fourth-order valence-corrected chi connectivity index (χ4v) is 2.81. The molecule has 1 saturated heterocycles. The van der Waals surface area contributed by atoms with Crippen LogP contribution in [0.5, 0.6) is 0 Å². The minimum atomic E-state index is -0.573. The molecule has 3 N–H and O–H groups in total. The van der Waals surface area contributed by atoms with E-state index < -0.39 is 5.60 Å². The Kier molecular flexibility index (Phi) is 4.05. The average Bonchev–Trinajstić information content (AvgIpc) is 2.31. The van der Waals surface area contributed by atoms with Gasteiger partial charge in [-0.15, -0.1) is 0 Å². The number of hydrogen-bond acceptors (Lipinski definition) is 3. The highest BCUT2D eigenvalue weighted by atomic mass is 16.3. The SMILES string of the molecule is Cc1ccc(C(CN)N2CCCC(C)(O)C2)cc1. The van der Waals surface area contributed by atoms with Gasteiger partial charge in [-0.2, -0.15) is 0 Å². The van der Waals surface area contributed by atoms with E-state index in [1.807, 2.05) is 6.92 Å². The van der Waals surface area contributed by atoms with E-state index >= 15 is 0 Å². The van der Waals surface area contributed by atoms with Gasteiger partial charge < -0.3 is 10.8 Å². The molecule has 2 unspecified atom stereocenters. The fraction of sp³-hybridized carbons (Fsp3) is 0.600. The number of aryl methyl sites for hydroxylation is 1. The summed E-state index contributed by atoms with van der Waals surface area (Å²) in [6.45, 7) is 6.34. The summed E-state index contributed by atoms with van der Waals surface area (Å²) in [5.74, 6) is 0. The van der Waals surface area contributed by atoms with Gasteiger partial charge in [0, 0.05) is 19.1 Å². The highest BCUT2D eigenvalue weighted by Crippen LogP contribution is 2.28. The van der Waals surface area contributed by atoms with Crippen molar-refractivity contribution in [3.8, 4) is 0 Å². The van der Waals surface area contributed by atoms with Crippen molar-refractivity contribution in [3.05, 3.63) is 35.4 Å². The standard InChI is InChI=1S/C15H24N2O/c1-12-4-6-13(7-5-12)14(10-16)17-9-3-8-15(2,18)11-17/h4-7,14,18H,3,8-11,16H2,1-2H3. The summed E-state index contributed by atoms with van der Waals surface area (Å²) in [5.41, 5.74) is 7.88. The number of nitrogens with zero attached hydrogens (tertiary/aromatic N) is 1. The maximum absolute atomic E-state index is 10.2. The molecule has 1 heterocycles. The maximum atomic E-state index is 10.2. The van der Waals surface area contributed by atoms with Crippen LogP contribution in [0.15, 0.2) is 24.3 Å². The largest absolute Gasteiger partial charge is 0.389 e. The average molecular weight is 248 g/mol. The van der Waals surface area contributed by atoms with E-state index in [4.69, 9.17) is 5.73 Å². The van der Waals surface area contributed by atoms with Gasteiger partial charge in [0.1, 0.15) is 0 Å². The predicted octanol–water partition coefficient (Wildman–Crippen LogP) is 1.84. The van der Waals surface area contributed by atoms with Crippen LogP contribution in [0.3, 0.4) is 0 Å². The van der Waals surface area contributed by atoms with Gasteiger partial charge in [-0.1, -0.05) is 29.8 Å². The first-order valence-electron chi connectivity index (χ1n) is 6.75. The molecule has 0 aromatic heterocycles. The molecule has 0 amide bonds. The highest BCUT2D eigenvalue weighted by molar-refractivity contribution is 5.24. The quantitative estimate of drug-likeness (QED) is 0.858. The zero-order valence-electron chi connectivity index (χ0n) is 11.4. The molecule has 0 bridgehead atoms. The van der Waals surface area contributed by atoms with Crippen molar-refractivity contribution in [1.29, 1.82) is 0 Å². The lowest BCUT2D eigenvalue weighted by atomic mass is 9.92. The van der Waals surface area contributed by atoms with Gasteiger partial charge in [0.15, 0.2) is 0 Å². The van der Waals surface area contributed by atoms with Crippen LogP contribution in [0, 0.1) is 6.92 Å². The number of nitrogens with two attached hydrogens (primary N) is 1. The summed E-state index contributed by atoms with van der Waals surface area (Å²) < 4.78 is 0. The first-order chi connectivity index (χ1) is 8.52. The second-order valence-corrected chi connectivity index (χ2v) is 5.73.